The summed E-state index contributed by atoms with van der Waals surface area (Å²) in [6.07, 6.45) is 53.4. The average molecular weight is 795 g/mol. The van der Waals surface area contributed by atoms with Gasteiger partial charge in [-0.3, -0.25) is 0 Å². The summed E-state index contributed by atoms with van der Waals surface area (Å²) in [5.41, 5.74) is 2.85. The van der Waals surface area contributed by atoms with Crippen molar-refractivity contribution in [1.82, 2.24) is 9.55 Å². The second-order valence-corrected chi connectivity index (χ2v) is 18.7. The Balaban J connectivity index is 1.43. The Morgan fingerprint density at radius 1 is 0.448 bits per heavy atom. The van der Waals surface area contributed by atoms with Gasteiger partial charge in [0.2, 0.25) is 0 Å². The average Bonchev–Trinajstić information content (AvgIpc) is 3.71. The standard InChI is InChI=1S/C56H94N2/c1-4-6-8-10-12-14-16-18-20-22-23-25-27-29-31-33-41-47-54(56(3,53-45-39-36-40-46-53)51-52-43-37-35-38-44-52)55-57-48-50-58(55)49-42-34-32-30-28-26-24-21-19-17-15-13-11-9-7-5-2/h35-40,43-46,48,50,54H,4-34,41-42,47,49,51H2,1-3H3. The first-order chi connectivity index (χ1) is 28.7. The molecule has 0 aliphatic carbocycles. The number of unbranched alkanes of at least 4 members (excludes halogenated alkanes) is 31. The molecule has 2 atom stereocenters. The lowest BCUT2D eigenvalue weighted by molar-refractivity contribution is 0.321. The Hall–Kier alpha value is -2.35. The van der Waals surface area contributed by atoms with Crippen molar-refractivity contribution >= 4 is 0 Å². The van der Waals surface area contributed by atoms with Crippen molar-refractivity contribution < 1.29 is 0 Å². The molecular formula is C56H94N2. The molecule has 0 N–H and O–H groups in total. The number of aromatic nitrogens is 2. The molecule has 0 aliphatic rings. The minimum Gasteiger partial charge on any atom is -0.335 e. The molecule has 0 bridgehead atoms. The molecule has 0 fully saturated rings. The van der Waals surface area contributed by atoms with E-state index in [0.29, 0.717) is 5.92 Å². The van der Waals surface area contributed by atoms with Gasteiger partial charge in [0, 0.05) is 30.3 Å². The van der Waals surface area contributed by atoms with Crippen LogP contribution in [0.2, 0.25) is 0 Å². The van der Waals surface area contributed by atoms with Crippen molar-refractivity contribution in [3.05, 3.63) is 90.0 Å². The zero-order valence-electron chi connectivity index (χ0n) is 38.9. The maximum atomic E-state index is 5.20. The van der Waals surface area contributed by atoms with Crippen molar-refractivity contribution in [2.75, 3.05) is 0 Å². The first-order valence-electron chi connectivity index (χ1n) is 25.8. The largest absolute Gasteiger partial charge is 0.335 e. The van der Waals surface area contributed by atoms with E-state index in [1.165, 1.54) is 235 Å². The zero-order valence-corrected chi connectivity index (χ0v) is 38.9. The fourth-order valence-electron chi connectivity index (χ4n) is 9.72. The lowest BCUT2D eigenvalue weighted by atomic mass is 9.66. The summed E-state index contributed by atoms with van der Waals surface area (Å²) in [5, 5.41) is 0. The van der Waals surface area contributed by atoms with Crippen LogP contribution in [0.4, 0.5) is 0 Å². The minimum absolute atomic E-state index is 0.0323. The minimum atomic E-state index is -0.0323. The highest BCUT2D eigenvalue weighted by Gasteiger charge is 2.39. The summed E-state index contributed by atoms with van der Waals surface area (Å²) >= 11 is 0. The Kier molecular flexibility index (Phi) is 29.6. The predicted octanol–water partition coefficient (Wildman–Crippen LogP) is 18.5. The second kappa shape index (κ2) is 34.4. The number of hydrogen-bond donors (Lipinski definition) is 0. The molecule has 3 aromatic rings. The molecule has 1 heterocycles. The molecule has 2 unspecified atom stereocenters. The lowest BCUT2D eigenvalue weighted by Crippen LogP contribution is -2.35. The van der Waals surface area contributed by atoms with E-state index in [2.05, 4.69) is 98.4 Å². The van der Waals surface area contributed by atoms with Gasteiger partial charge in [-0.15, -0.1) is 0 Å². The van der Waals surface area contributed by atoms with Gasteiger partial charge in [-0.05, 0) is 30.4 Å². The molecular weight excluding hydrogens is 701 g/mol. The van der Waals surface area contributed by atoms with E-state index in [0.717, 1.165) is 13.0 Å². The van der Waals surface area contributed by atoms with Gasteiger partial charge < -0.3 is 4.57 Å². The van der Waals surface area contributed by atoms with E-state index in [9.17, 15) is 0 Å². The summed E-state index contributed by atoms with van der Waals surface area (Å²) in [6.45, 7) is 8.26. The van der Waals surface area contributed by atoms with Crippen LogP contribution in [-0.2, 0) is 18.4 Å². The number of nitrogens with zero attached hydrogens (tertiary/aromatic N) is 2. The number of rotatable bonds is 40. The van der Waals surface area contributed by atoms with Crippen LogP contribution in [0.1, 0.15) is 262 Å². The van der Waals surface area contributed by atoms with Crippen LogP contribution in [0.25, 0.3) is 0 Å². The molecule has 58 heavy (non-hydrogen) atoms. The molecule has 0 saturated carbocycles. The molecule has 0 amide bonds. The molecule has 0 aliphatic heterocycles. The van der Waals surface area contributed by atoms with Crippen molar-refractivity contribution in [3.63, 3.8) is 0 Å². The number of benzene rings is 2. The van der Waals surface area contributed by atoms with Crippen molar-refractivity contribution in [2.24, 2.45) is 0 Å². The SMILES string of the molecule is CCCCCCCCCCCCCCCCCCCC(c1nccn1CCCCCCCCCCCCCCCCCC)C(C)(Cc1ccccc1)c1ccccc1. The third kappa shape index (κ3) is 22.3. The van der Waals surface area contributed by atoms with Gasteiger partial charge in [-0.1, -0.05) is 287 Å². The Labute approximate surface area is 361 Å². The maximum Gasteiger partial charge on any atom is 0.112 e. The fourth-order valence-corrected chi connectivity index (χ4v) is 9.72. The van der Waals surface area contributed by atoms with Crippen molar-refractivity contribution in [3.8, 4) is 0 Å². The van der Waals surface area contributed by atoms with Crippen LogP contribution in [0.5, 0.6) is 0 Å². The van der Waals surface area contributed by atoms with E-state index >= 15 is 0 Å². The van der Waals surface area contributed by atoms with Gasteiger partial charge in [0.1, 0.15) is 5.82 Å². The van der Waals surface area contributed by atoms with Gasteiger partial charge in [-0.2, -0.15) is 0 Å². The highest BCUT2D eigenvalue weighted by atomic mass is 15.1. The smallest absolute Gasteiger partial charge is 0.112 e. The van der Waals surface area contributed by atoms with Crippen LogP contribution in [0.3, 0.4) is 0 Å². The van der Waals surface area contributed by atoms with E-state index < -0.39 is 0 Å². The molecule has 0 saturated heterocycles. The highest BCUT2D eigenvalue weighted by molar-refractivity contribution is 5.33. The van der Waals surface area contributed by atoms with Gasteiger partial charge in [-0.25, -0.2) is 4.98 Å². The van der Waals surface area contributed by atoms with Gasteiger partial charge in [0.15, 0.2) is 0 Å². The lowest BCUT2D eigenvalue weighted by Gasteiger charge is -2.39. The van der Waals surface area contributed by atoms with Crippen LogP contribution in [0.15, 0.2) is 73.1 Å². The fraction of sp³-hybridized carbons (Fsp3) is 0.732. The van der Waals surface area contributed by atoms with Gasteiger partial charge in [0.05, 0.1) is 0 Å². The third-order valence-electron chi connectivity index (χ3n) is 13.5. The number of aryl methyl sites for hydroxylation is 1. The van der Waals surface area contributed by atoms with Crippen LogP contribution in [-0.4, -0.2) is 9.55 Å². The number of imidazole rings is 1. The summed E-state index contributed by atoms with van der Waals surface area (Å²) in [5.74, 6) is 1.70. The predicted molar refractivity (Wildman–Crippen MR) is 257 cm³/mol. The summed E-state index contributed by atoms with van der Waals surface area (Å²) < 4.78 is 2.55. The molecule has 1 aromatic heterocycles. The molecule has 2 nitrogen and oxygen atoms in total. The normalized spacial score (nSPS) is 13.2. The van der Waals surface area contributed by atoms with Crippen LogP contribution < -0.4 is 0 Å². The van der Waals surface area contributed by atoms with Gasteiger partial charge in [0.25, 0.3) is 0 Å². The van der Waals surface area contributed by atoms with E-state index in [-0.39, 0.29) is 5.41 Å². The van der Waals surface area contributed by atoms with E-state index in [1.54, 1.807) is 0 Å². The summed E-state index contributed by atoms with van der Waals surface area (Å²) in [6, 6.07) is 22.7. The van der Waals surface area contributed by atoms with Crippen molar-refractivity contribution in [1.29, 1.82) is 0 Å². The summed E-state index contributed by atoms with van der Waals surface area (Å²) in [7, 11) is 0. The first-order valence-corrected chi connectivity index (χ1v) is 25.8. The maximum absolute atomic E-state index is 5.20. The van der Waals surface area contributed by atoms with Crippen LogP contribution >= 0.6 is 0 Å². The Morgan fingerprint density at radius 3 is 1.22 bits per heavy atom. The van der Waals surface area contributed by atoms with Gasteiger partial charge >= 0.3 is 0 Å². The zero-order chi connectivity index (χ0) is 41.0. The van der Waals surface area contributed by atoms with E-state index in [1.807, 2.05) is 0 Å². The highest BCUT2D eigenvalue weighted by Crippen LogP contribution is 2.44. The summed E-state index contributed by atoms with van der Waals surface area (Å²) in [4.78, 5) is 5.20. The third-order valence-corrected chi connectivity index (χ3v) is 13.5. The topological polar surface area (TPSA) is 17.8 Å². The molecule has 0 radical (unpaired) electrons. The molecule has 2 heteroatoms. The molecule has 0 spiro atoms. The Morgan fingerprint density at radius 2 is 0.810 bits per heavy atom. The molecule has 2 aromatic carbocycles. The van der Waals surface area contributed by atoms with Crippen molar-refractivity contribution in [2.45, 2.75) is 263 Å². The molecule has 328 valence electrons. The Bertz CT molecular complexity index is 1300. The molecule has 3 rings (SSSR count). The second-order valence-electron chi connectivity index (χ2n) is 18.7. The quantitative estimate of drug-likeness (QED) is 0.0524. The van der Waals surface area contributed by atoms with Crippen LogP contribution in [0, 0.1) is 0 Å². The number of hydrogen-bond acceptors (Lipinski definition) is 1. The monoisotopic (exact) mass is 795 g/mol. The van der Waals surface area contributed by atoms with E-state index in [4.69, 9.17) is 4.98 Å². The first kappa shape index (κ1) is 50.0.